The molecule has 0 saturated carbocycles. The van der Waals surface area contributed by atoms with Crippen molar-refractivity contribution >= 4 is 0 Å². The Balaban J connectivity index is 2.62. The highest BCUT2D eigenvalue weighted by Crippen LogP contribution is 2.25. The summed E-state index contributed by atoms with van der Waals surface area (Å²) in [6.45, 7) is 7.84. The maximum absolute atomic E-state index is 5.66. The summed E-state index contributed by atoms with van der Waals surface area (Å²) in [5, 5.41) is 3.57. The normalized spacial score (nSPS) is 14.2. The van der Waals surface area contributed by atoms with Gasteiger partial charge >= 0.3 is 0 Å². The van der Waals surface area contributed by atoms with Gasteiger partial charge in [-0.05, 0) is 33.3 Å². The Morgan fingerprint density at radius 3 is 2.61 bits per heavy atom. The summed E-state index contributed by atoms with van der Waals surface area (Å²) in [6, 6.07) is 8.91. The first-order chi connectivity index (χ1) is 8.69. The van der Waals surface area contributed by atoms with Crippen LogP contribution in [0.4, 0.5) is 0 Å². The molecule has 2 atom stereocenters. The van der Waals surface area contributed by atoms with E-state index in [1.807, 2.05) is 19.1 Å². The minimum atomic E-state index is 0.277. The maximum atomic E-state index is 5.66. The van der Waals surface area contributed by atoms with E-state index in [4.69, 9.17) is 9.47 Å². The molecule has 0 aromatic heterocycles. The minimum absolute atomic E-state index is 0.277. The number of rotatable bonds is 8. The fourth-order valence-electron chi connectivity index (χ4n) is 2.02. The molecular formula is C15H25NO2. The molecule has 0 bridgehead atoms. The molecule has 0 spiro atoms. The zero-order chi connectivity index (χ0) is 13.4. The molecule has 18 heavy (non-hydrogen) atoms. The average molecular weight is 251 g/mol. The second-order valence-electron chi connectivity index (χ2n) is 4.54. The van der Waals surface area contributed by atoms with Crippen LogP contribution >= 0.6 is 0 Å². The van der Waals surface area contributed by atoms with E-state index in [-0.39, 0.29) is 6.04 Å². The molecular weight excluding hydrogens is 226 g/mol. The third kappa shape index (κ3) is 4.67. The van der Waals surface area contributed by atoms with E-state index < -0.39 is 0 Å². The van der Waals surface area contributed by atoms with E-state index >= 15 is 0 Å². The van der Waals surface area contributed by atoms with Crippen molar-refractivity contribution in [1.82, 2.24) is 5.32 Å². The molecule has 1 rings (SSSR count). The van der Waals surface area contributed by atoms with Crippen LogP contribution in [0.1, 0.15) is 38.8 Å². The number of ether oxygens (including phenoxy) is 2. The van der Waals surface area contributed by atoms with Crippen molar-refractivity contribution in [3.05, 3.63) is 29.8 Å². The smallest absolute Gasteiger partial charge is 0.124 e. The number of nitrogens with one attached hydrogen (secondary N) is 1. The van der Waals surface area contributed by atoms with E-state index in [1.165, 1.54) is 5.56 Å². The number of methoxy groups -OCH3 is 1. The molecule has 1 N–H and O–H groups in total. The third-order valence-corrected chi connectivity index (χ3v) is 2.97. The Hall–Kier alpha value is -1.06. The summed E-state index contributed by atoms with van der Waals surface area (Å²) in [5.41, 5.74) is 1.21. The standard InChI is InChI=1S/C15H25NO2/c1-5-18-15-9-7-6-8-14(15)13(3)16-12(2)10-11-17-4/h6-9,12-13,16H,5,10-11H2,1-4H3. The predicted octanol–water partition coefficient (Wildman–Crippen LogP) is 3.16. The second kappa shape index (κ2) is 8.11. The molecule has 0 saturated heterocycles. The van der Waals surface area contributed by atoms with Crippen LogP contribution < -0.4 is 10.1 Å². The highest BCUT2D eigenvalue weighted by atomic mass is 16.5. The van der Waals surface area contributed by atoms with Crippen LogP contribution in [0.15, 0.2) is 24.3 Å². The van der Waals surface area contributed by atoms with Crippen LogP contribution in [-0.2, 0) is 4.74 Å². The van der Waals surface area contributed by atoms with E-state index in [1.54, 1.807) is 7.11 Å². The van der Waals surface area contributed by atoms with Gasteiger partial charge in [0.25, 0.3) is 0 Å². The Morgan fingerprint density at radius 1 is 1.22 bits per heavy atom. The van der Waals surface area contributed by atoms with Crippen molar-refractivity contribution in [1.29, 1.82) is 0 Å². The van der Waals surface area contributed by atoms with Gasteiger partial charge in [0.05, 0.1) is 6.61 Å². The molecule has 0 aliphatic rings. The number of para-hydroxylation sites is 1. The molecule has 0 amide bonds. The van der Waals surface area contributed by atoms with E-state index in [0.717, 1.165) is 18.8 Å². The van der Waals surface area contributed by atoms with Gasteiger partial charge in [0.1, 0.15) is 5.75 Å². The average Bonchev–Trinajstić information content (AvgIpc) is 2.37. The molecule has 3 heteroatoms. The highest BCUT2D eigenvalue weighted by molar-refractivity contribution is 5.35. The highest BCUT2D eigenvalue weighted by Gasteiger charge is 2.13. The summed E-state index contributed by atoms with van der Waals surface area (Å²) in [5.74, 6) is 0.971. The minimum Gasteiger partial charge on any atom is -0.494 e. The Morgan fingerprint density at radius 2 is 1.94 bits per heavy atom. The van der Waals surface area contributed by atoms with Crippen molar-refractivity contribution < 1.29 is 9.47 Å². The van der Waals surface area contributed by atoms with Gasteiger partial charge in [-0.15, -0.1) is 0 Å². The van der Waals surface area contributed by atoms with Crippen molar-refractivity contribution in [2.24, 2.45) is 0 Å². The zero-order valence-electron chi connectivity index (χ0n) is 11.9. The van der Waals surface area contributed by atoms with Gasteiger partial charge < -0.3 is 14.8 Å². The molecule has 0 radical (unpaired) electrons. The molecule has 0 aliphatic carbocycles. The van der Waals surface area contributed by atoms with E-state index in [0.29, 0.717) is 12.6 Å². The van der Waals surface area contributed by atoms with Gasteiger partial charge in [0, 0.05) is 31.4 Å². The Kier molecular flexibility index (Phi) is 6.76. The first kappa shape index (κ1) is 15.0. The summed E-state index contributed by atoms with van der Waals surface area (Å²) in [4.78, 5) is 0. The largest absolute Gasteiger partial charge is 0.494 e. The van der Waals surface area contributed by atoms with Crippen LogP contribution in [0.2, 0.25) is 0 Å². The maximum Gasteiger partial charge on any atom is 0.124 e. The summed E-state index contributed by atoms with van der Waals surface area (Å²) < 4.78 is 10.8. The molecule has 0 fully saturated rings. The van der Waals surface area contributed by atoms with E-state index in [9.17, 15) is 0 Å². The van der Waals surface area contributed by atoms with Crippen molar-refractivity contribution in [2.45, 2.75) is 39.3 Å². The van der Waals surface area contributed by atoms with Gasteiger partial charge in [-0.25, -0.2) is 0 Å². The summed E-state index contributed by atoms with van der Waals surface area (Å²) in [7, 11) is 1.74. The van der Waals surface area contributed by atoms with Gasteiger partial charge in [-0.1, -0.05) is 18.2 Å². The molecule has 0 aliphatic heterocycles. The first-order valence-electron chi connectivity index (χ1n) is 6.65. The fraction of sp³-hybridized carbons (Fsp3) is 0.600. The topological polar surface area (TPSA) is 30.5 Å². The molecule has 102 valence electrons. The fourth-order valence-corrected chi connectivity index (χ4v) is 2.02. The third-order valence-electron chi connectivity index (χ3n) is 2.97. The molecule has 1 aromatic carbocycles. The zero-order valence-corrected chi connectivity index (χ0v) is 11.9. The second-order valence-corrected chi connectivity index (χ2v) is 4.54. The van der Waals surface area contributed by atoms with Crippen LogP contribution in [0.3, 0.4) is 0 Å². The van der Waals surface area contributed by atoms with Gasteiger partial charge in [0.2, 0.25) is 0 Å². The molecule has 3 nitrogen and oxygen atoms in total. The lowest BCUT2D eigenvalue weighted by atomic mass is 10.1. The van der Waals surface area contributed by atoms with Crippen LogP contribution in [0, 0.1) is 0 Å². The first-order valence-corrected chi connectivity index (χ1v) is 6.65. The Labute approximate surface area is 110 Å². The quantitative estimate of drug-likeness (QED) is 0.770. The predicted molar refractivity (Wildman–Crippen MR) is 75.1 cm³/mol. The van der Waals surface area contributed by atoms with Gasteiger partial charge in [-0.2, -0.15) is 0 Å². The Bertz CT molecular complexity index is 341. The van der Waals surface area contributed by atoms with Crippen LogP contribution in [0.5, 0.6) is 5.75 Å². The van der Waals surface area contributed by atoms with Crippen molar-refractivity contribution in [3.8, 4) is 5.75 Å². The lowest BCUT2D eigenvalue weighted by Gasteiger charge is -2.22. The van der Waals surface area contributed by atoms with Crippen LogP contribution in [-0.4, -0.2) is 26.4 Å². The summed E-state index contributed by atoms with van der Waals surface area (Å²) >= 11 is 0. The number of hydrogen-bond acceptors (Lipinski definition) is 3. The van der Waals surface area contributed by atoms with Crippen LogP contribution in [0.25, 0.3) is 0 Å². The molecule has 2 unspecified atom stereocenters. The van der Waals surface area contributed by atoms with Crippen molar-refractivity contribution in [3.63, 3.8) is 0 Å². The summed E-state index contributed by atoms with van der Waals surface area (Å²) in [6.07, 6.45) is 1.01. The monoisotopic (exact) mass is 251 g/mol. The molecule has 1 aromatic rings. The molecule has 0 heterocycles. The van der Waals surface area contributed by atoms with Gasteiger partial charge in [0.15, 0.2) is 0 Å². The van der Waals surface area contributed by atoms with E-state index in [2.05, 4.69) is 31.3 Å². The number of hydrogen-bond donors (Lipinski definition) is 1. The van der Waals surface area contributed by atoms with Crippen molar-refractivity contribution in [2.75, 3.05) is 20.3 Å². The lowest BCUT2D eigenvalue weighted by molar-refractivity contribution is 0.183. The SMILES string of the molecule is CCOc1ccccc1C(C)NC(C)CCOC. The lowest BCUT2D eigenvalue weighted by Crippen LogP contribution is -2.30. The van der Waals surface area contributed by atoms with Gasteiger partial charge in [-0.3, -0.25) is 0 Å². The number of benzene rings is 1.